The maximum atomic E-state index is 14.1. The van der Waals surface area contributed by atoms with E-state index in [1.165, 1.54) is 0 Å². The zero-order valence-electron chi connectivity index (χ0n) is 19.7. The summed E-state index contributed by atoms with van der Waals surface area (Å²) < 4.78 is 19.3. The molecule has 1 saturated carbocycles. The van der Waals surface area contributed by atoms with Gasteiger partial charge in [0, 0.05) is 48.9 Å². The number of rotatable bonds is 6. The first-order chi connectivity index (χ1) is 16.9. The molecule has 2 aliphatic heterocycles. The third kappa shape index (κ3) is 5.71. The number of aromatic nitrogens is 2. The first-order valence-corrected chi connectivity index (χ1v) is 13.0. The van der Waals surface area contributed by atoms with Gasteiger partial charge in [0.25, 0.3) is 5.91 Å². The summed E-state index contributed by atoms with van der Waals surface area (Å²) >= 11 is 12.2. The van der Waals surface area contributed by atoms with Crippen LogP contribution in [0.1, 0.15) is 59.9 Å². The molecule has 1 amide bonds. The van der Waals surface area contributed by atoms with Crippen LogP contribution >= 0.6 is 23.2 Å². The first-order valence-electron chi connectivity index (χ1n) is 12.3. The SMILES string of the molecule is Cc1c(Nc2ccc(Cl)c(Cl)c2)nc(C2CC2)nc1C(=O)N1CCC(NC2CCOCC2F)CC1. The highest BCUT2D eigenvalue weighted by Gasteiger charge is 2.33. The zero-order chi connectivity index (χ0) is 24.5. The lowest BCUT2D eigenvalue weighted by Gasteiger charge is -2.36. The minimum atomic E-state index is -0.977. The Hall–Kier alpha value is -2.00. The van der Waals surface area contributed by atoms with E-state index in [-0.39, 0.29) is 24.6 Å². The summed E-state index contributed by atoms with van der Waals surface area (Å²) in [5.74, 6) is 1.51. The molecule has 10 heteroatoms. The molecule has 188 valence electrons. The number of likely N-dealkylation sites (tertiary alicyclic amines) is 1. The second-order valence-electron chi connectivity index (χ2n) is 9.65. The number of halogens is 3. The first kappa shape index (κ1) is 24.7. The van der Waals surface area contributed by atoms with Crippen molar-refractivity contribution in [2.45, 2.75) is 63.2 Å². The van der Waals surface area contributed by atoms with Crippen molar-refractivity contribution in [1.82, 2.24) is 20.2 Å². The fraction of sp³-hybridized carbons (Fsp3) is 0.560. The molecular formula is C25H30Cl2FN5O2. The Morgan fingerprint density at radius 3 is 2.57 bits per heavy atom. The molecule has 2 unspecified atom stereocenters. The molecule has 2 atom stereocenters. The van der Waals surface area contributed by atoms with Gasteiger partial charge >= 0.3 is 0 Å². The summed E-state index contributed by atoms with van der Waals surface area (Å²) in [4.78, 5) is 24.8. The van der Waals surface area contributed by atoms with E-state index in [9.17, 15) is 9.18 Å². The largest absolute Gasteiger partial charge is 0.378 e. The van der Waals surface area contributed by atoms with Crippen LogP contribution in [0.3, 0.4) is 0 Å². The van der Waals surface area contributed by atoms with E-state index in [2.05, 4.69) is 10.6 Å². The molecule has 3 heterocycles. The number of nitrogens with zero attached hydrogens (tertiary/aromatic N) is 3. The summed E-state index contributed by atoms with van der Waals surface area (Å²) in [7, 11) is 0. The second kappa shape index (κ2) is 10.5. The number of carbonyl (C=O) groups is 1. The topological polar surface area (TPSA) is 79.4 Å². The highest BCUT2D eigenvalue weighted by molar-refractivity contribution is 6.42. The van der Waals surface area contributed by atoms with Crippen LogP contribution in [0.15, 0.2) is 18.2 Å². The molecule has 7 nitrogen and oxygen atoms in total. The molecule has 1 aliphatic carbocycles. The Labute approximate surface area is 214 Å². The fourth-order valence-electron chi connectivity index (χ4n) is 4.69. The van der Waals surface area contributed by atoms with Gasteiger partial charge < -0.3 is 20.3 Å². The van der Waals surface area contributed by atoms with Gasteiger partial charge in [0.2, 0.25) is 0 Å². The Bertz CT molecular complexity index is 1090. The van der Waals surface area contributed by atoms with E-state index in [1.54, 1.807) is 12.1 Å². The summed E-state index contributed by atoms with van der Waals surface area (Å²) in [6, 6.07) is 5.31. The fourth-order valence-corrected chi connectivity index (χ4v) is 4.99. The van der Waals surface area contributed by atoms with Crippen LogP contribution < -0.4 is 10.6 Å². The number of amides is 1. The number of nitrogens with one attached hydrogen (secondary N) is 2. The quantitative estimate of drug-likeness (QED) is 0.554. The van der Waals surface area contributed by atoms with Crippen LogP contribution in [-0.2, 0) is 4.74 Å². The van der Waals surface area contributed by atoms with Gasteiger partial charge in [0.15, 0.2) is 0 Å². The minimum absolute atomic E-state index is 0.0862. The van der Waals surface area contributed by atoms with Gasteiger partial charge in [-0.3, -0.25) is 4.79 Å². The summed E-state index contributed by atoms with van der Waals surface area (Å²) in [6.45, 7) is 3.82. The average Bonchev–Trinajstić information content (AvgIpc) is 3.70. The maximum Gasteiger partial charge on any atom is 0.272 e. The van der Waals surface area contributed by atoms with Crippen LogP contribution in [0.4, 0.5) is 15.9 Å². The predicted octanol–water partition coefficient (Wildman–Crippen LogP) is 5.03. The molecule has 0 radical (unpaired) electrons. The Morgan fingerprint density at radius 1 is 1.11 bits per heavy atom. The number of carbonyl (C=O) groups excluding carboxylic acids is 1. The summed E-state index contributed by atoms with van der Waals surface area (Å²) in [5.41, 5.74) is 1.88. The molecule has 2 N–H and O–H groups in total. The van der Waals surface area contributed by atoms with Gasteiger partial charge in [-0.2, -0.15) is 0 Å². The molecule has 1 aromatic heterocycles. The second-order valence-corrected chi connectivity index (χ2v) is 10.5. The van der Waals surface area contributed by atoms with E-state index in [1.807, 2.05) is 17.9 Å². The molecule has 3 fully saturated rings. The molecule has 35 heavy (non-hydrogen) atoms. The molecule has 3 aliphatic rings. The van der Waals surface area contributed by atoms with E-state index >= 15 is 0 Å². The number of hydrogen-bond donors (Lipinski definition) is 2. The van der Waals surface area contributed by atoms with E-state index in [0.717, 1.165) is 31.4 Å². The molecular weight excluding hydrogens is 492 g/mol. The highest BCUT2D eigenvalue weighted by Crippen LogP contribution is 2.39. The number of alkyl halides is 1. The standard InChI is InChI=1S/C25H30Cl2FN5O2/c1-14-22(25(34)33-9-6-16(7-10-33)29-21-8-11-35-13-20(21)28)31-24(15-2-3-15)32-23(14)30-17-4-5-18(26)19(27)12-17/h4-5,12,15-16,20-21,29H,2-3,6-11,13H2,1H3,(H,30,31,32). The predicted molar refractivity (Wildman–Crippen MR) is 135 cm³/mol. The third-order valence-corrected chi connectivity index (χ3v) is 7.75. The van der Waals surface area contributed by atoms with Crippen molar-refractivity contribution >= 4 is 40.6 Å². The van der Waals surface area contributed by atoms with E-state index in [0.29, 0.717) is 65.0 Å². The average molecular weight is 522 g/mol. The molecule has 5 rings (SSSR count). The number of hydrogen-bond acceptors (Lipinski definition) is 6. The maximum absolute atomic E-state index is 14.1. The number of ether oxygens (including phenoxy) is 1. The number of benzene rings is 1. The summed E-state index contributed by atoms with van der Waals surface area (Å²) in [5, 5.41) is 7.66. The molecule has 2 aromatic rings. The van der Waals surface area contributed by atoms with Gasteiger partial charge in [0.1, 0.15) is 23.5 Å². The van der Waals surface area contributed by atoms with Crippen LogP contribution in [0.5, 0.6) is 0 Å². The van der Waals surface area contributed by atoms with Crippen molar-refractivity contribution in [2.75, 3.05) is 31.6 Å². The Kier molecular flexibility index (Phi) is 7.44. The van der Waals surface area contributed by atoms with E-state index in [4.69, 9.17) is 37.9 Å². The zero-order valence-corrected chi connectivity index (χ0v) is 21.2. The number of piperidine rings is 1. The van der Waals surface area contributed by atoms with Crippen molar-refractivity contribution in [3.8, 4) is 0 Å². The van der Waals surface area contributed by atoms with Crippen molar-refractivity contribution in [1.29, 1.82) is 0 Å². The summed E-state index contributed by atoms with van der Waals surface area (Å²) in [6.07, 6.45) is 3.32. The molecule has 1 aromatic carbocycles. The van der Waals surface area contributed by atoms with E-state index < -0.39 is 6.17 Å². The third-order valence-electron chi connectivity index (χ3n) is 7.01. The van der Waals surface area contributed by atoms with Crippen molar-refractivity contribution in [3.05, 3.63) is 45.3 Å². The van der Waals surface area contributed by atoms with Gasteiger partial charge in [-0.15, -0.1) is 0 Å². The van der Waals surface area contributed by atoms with Crippen molar-refractivity contribution in [3.63, 3.8) is 0 Å². The smallest absolute Gasteiger partial charge is 0.272 e. The van der Waals surface area contributed by atoms with Crippen molar-refractivity contribution in [2.24, 2.45) is 0 Å². The normalized spacial score (nSPS) is 23.4. The van der Waals surface area contributed by atoms with Crippen LogP contribution in [0.25, 0.3) is 0 Å². The monoisotopic (exact) mass is 521 g/mol. The van der Waals surface area contributed by atoms with Gasteiger partial charge in [-0.1, -0.05) is 23.2 Å². The number of anilines is 2. The molecule has 0 spiro atoms. The minimum Gasteiger partial charge on any atom is -0.378 e. The van der Waals surface area contributed by atoms with Gasteiger partial charge in [0.05, 0.1) is 16.7 Å². The van der Waals surface area contributed by atoms with Gasteiger partial charge in [-0.05, 0) is 57.2 Å². The molecule has 2 saturated heterocycles. The van der Waals surface area contributed by atoms with Crippen LogP contribution in [0.2, 0.25) is 10.0 Å². The molecule has 0 bridgehead atoms. The lowest BCUT2D eigenvalue weighted by molar-refractivity contribution is 0.00840. The van der Waals surface area contributed by atoms with Crippen LogP contribution in [0, 0.1) is 6.92 Å². The van der Waals surface area contributed by atoms with Gasteiger partial charge in [-0.25, -0.2) is 14.4 Å². The highest BCUT2D eigenvalue weighted by atomic mass is 35.5. The lowest BCUT2D eigenvalue weighted by Crippen LogP contribution is -2.52. The van der Waals surface area contributed by atoms with Crippen LogP contribution in [-0.4, -0.2) is 65.3 Å². The lowest BCUT2D eigenvalue weighted by atomic mass is 10.00. The van der Waals surface area contributed by atoms with Crippen molar-refractivity contribution < 1.29 is 13.9 Å². The Balaban J connectivity index is 1.30. The Morgan fingerprint density at radius 2 is 1.89 bits per heavy atom.